The van der Waals surface area contributed by atoms with Crippen LogP contribution in [0, 0.1) is 11.3 Å². The van der Waals surface area contributed by atoms with E-state index in [9.17, 15) is 14.4 Å². The molecule has 242 valence electrons. The number of ether oxygens (including phenoxy) is 2. The summed E-state index contributed by atoms with van der Waals surface area (Å²) in [7, 11) is 0. The Morgan fingerprint density at radius 1 is 1.02 bits per heavy atom. The third-order valence-corrected chi connectivity index (χ3v) is 7.61. The van der Waals surface area contributed by atoms with Gasteiger partial charge in [0, 0.05) is 23.9 Å². The minimum atomic E-state index is -0.684. The Bertz CT molecular complexity index is 1820. The van der Waals surface area contributed by atoms with Gasteiger partial charge >= 0.3 is 12.1 Å². The topological polar surface area (TPSA) is 165 Å². The first-order valence-electron chi connectivity index (χ1n) is 15.4. The molecule has 12 heteroatoms. The number of benzene rings is 2. The number of nitrogens with two attached hydrogens (primary N) is 1. The number of aromatic nitrogens is 3. The summed E-state index contributed by atoms with van der Waals surface area (Å²) in [6.07, 6.45) is 3.36. The van der Waals surface area contributed by atoms with Crippen LogP contribution in [0.3, 0.4) is 0 Å². The van der Waals surface area contributed by atoms with Gasteiger partial charge in [-0.1, -0.05) is 24.3 Å². The second-order valence-electron chi connectivity index (χ2n) is 12.1. The number of carbonyl (C=O) groups is 3. The molecule has 1 unspecified atom stereocenters. The second-order valence-corrected chi connectivity index (χ2v) is 12.1. The van der Waals surface area contributed by atoms with E-state index in [0.29, 0.717) is 41.3 Å². The number of esters is 1. The van der Waals surface area contributed by atoms with Crippen molar-refractivity contribution in [2.75, 3.05) is 24.3 Å². The maximum atomic E-state index is 13.2. The number of nitrogen functional groups attached to an aromatic ring is 1. The van der Waals surface area contributed by atoms with E-state index in [4.69, 9.17) is 25.6 Å². The highest BCUT2D eigenvalue weighted by molar-refractivity contribution is 6.04. The van der Waals surface area contributed by atoms with Crippen LogP contribution in [0.2, 0.25) is 0 Å². The van der Waals surface area contributed by atoms with Gasteiger partial charge in [0.05, 0.1) is 24.3 Å². The average molecular weight is 636 g/mol. The second kappa shape index (κ2) is 13.7. The molecule has 0 spiro atoms. The first-order chi connectivity index (χ1) is 22.5. The van der Waals surface area contributed by atoms with Gasteiger partial charge in [-0.05, 0) is 94.5 Å². The summed E-state index contributed by atoms with van der Waals surface area (Å²) in [6.45, 7) is 7.71. The third-order valence-electron chi connectivity index (χ3n) is 7.61. The fraction of sp³-hybridized carbons (Fsp3) is 0.314. The van der Waals surface area contributed by atoms with E-state index in [0.717, 1.165) is 24.0 Å². The van der Waals surface area contributed by atoms with Crippen molar-refractivity contribution in [2.45, 2.75) is 58.6 Å². The van der Waals surface area contributed by atoms with Gasteiger partial charge in [0.15, 0.2) is 11.5 Å². The Morgan fingerprint density at radius 3 is 2.38 bits per heavy atom. The number of nitrogens with zero attached hydrogens (tertiary/aromatic N) is 5. The van der Waals surface area contributed by atoms with Gasteiger partial charge in [-0.2, -0.15) is 5.26 Å². The van der Waals surface area contributed by atoms with Gasteiger partial charge in [-0.25, -0.2) is 24.2 Å². The lowest BCUT2D eigenvalue weighted by atomic mass is 10.0. The zero-order valence-corrected chi connectivity index (χ0v) is 26.8. The molecule has 1 saturated heterocycles. The summed E-state index contributed by atoms with van der Waals surface area (Å²) in [4.78, 5) is 50.1. The van der Waals surface area contributed by atoms with Crippen LogP contribution in [-0.2, 0) is 9.47 Å². The molecule has 2 amide bonds. The molecule has 1 atom stereocenters. The first kappa shape index (κ1) is 32.7. The SMILES string of the molecule is CCOC(=O)c1c(-c2ccc(C(=O)Nc3cc(-c4ccc(C#N)cc4)ccn3)cc2)nc(C2CCCCN2C(=O)OC(C)(C)C)n1N. The average Bonchev–Trinajstić information content (AvgIpc) is 3.41. The van der Waals surface area contributed by atoms with Crippen LogP contribution < -0.4 is 11.2 Å². The zero-order valence-electron chi connectivity index (χ0n) is 26.8. The Morgan fingerprint density at radius 2 is 1.72 bits per heavy atom. The summed E-state index contributed by atoms with van der Waals surface area (Å²) in [6, 6.07) is 18.9. The standard InChI is InChI=1S/C35H37N7O5/c1-5-46-33(44)30-29(40-31(42(30)37)27-8-6-7-19-41(27)34(45)47-35(2,3)4)24-13-15-25(16-14-24)32(43)39-28-20-26(17-18-38-28)23-11-9-22(21-36)10-12-23/h9-18,20,27H,5-8,19,37H2,1-4H3,(H,38,39,43). The number of hydrogen-bond donors (Lipinski definition) is 2. The maximum Gasteiger partial charge on any atom is 0.410 e. The highest BCUT2D eigenvalue weighted by Gasteiger charge is 2.36. The monoisotopic (exact) mass is 635 g/mol. The molecule has 0 bridgehead atoms. The number of imidazole rings is 1. The van der Waals surface area contributed by atoms with E-state index in [1.165, 1.54) is 4.68 Å². The molecule has 2 aromatic heterocycles. The van der Waals surface area contributed by atoms with Crippen molar-refractivity contribution < 1.29 is 23.9 Å². The zero-order chi connectivity index (χ0) is 33.7. The molecule has 1 aliphatic rings. The van der Waals surface area contributed by atoms with Crippen molar-refractivity contribution >= 4 is 23.8 Å². The predicted molar refractivity (Wildman–Crippen MR) is 176 cm³/mol. The fourth-order valence-electron chi connectivity index (χ4n) is 5.40. The first-order valence-corrected chi connectivity index (χ1v) is 15.4. The molecule has 5 rings (SSSR count). The van der Waals surface area contributed by atoms with E-state index in [1.54, 1.807) is 81.3 Å². The molecule has 4 aromatic rings. The number of amides is 2. The Labute approximate surface area is 273 Å². The van der Waals surface area contributed by atoms with Crippen LogP contribution in [-0.4, -0.2) is 56.3 Å². The number of anilines is 1. The normalized spacial score (nSPS) is 14.6. The van der Waals surface area contributed by atoms with Gasteiger partial charge in [0.1, 0.15) is 17.1 Å². The van der Waals surface area contributed by atoms with Crippen LogP contribution in [0.15, 0.2) is 66.9 Å². The highest BCUT2D eigenvalue weighted by Crippen LogP contribution is 2.35. The number of nitriles is 1. The molecular weight excluding hydrogens is 598 g/mol. The lowest BCUT2D eigenvalue weighted by Gasteiger charge is -2.36. The lowest BCUT2D eigenvalue weighted by molar-refractivity contribution is 0.00820. The largest absolute Gasteiger partial charge is 0.461 e. The van der Waals surface area contributed by atoms with Crippen molar-refractivity contribution in [3.63, 3.8) is 0 Å². The predicted octanol–water partition coefficient (Wildman–Crippen LogP) is 6.09. The summed E-state index contributed by atoms with van der Waals surface area (Å²) in [5.41, 5.74) is 2.79. The molecule has 47 heavy (non-hydrogen) atoms. The fourth-order valence-corrected chi connectivity index (χ4v) is 5.40. The Kier molecular flexibility index (Phi) is 9.56. The van der Waals surface area contributed by atoms with Crippen molar-refractivity contribution in [2.24, 2.45) is 0 Å². The Balaban J connectivity index is 1.41. The number of carbonyl (C=O) groups excluding carboxylic acids is 3. The summed E-state index contributed by atoms with van der Waals surface area (Å²) >= 11 is 0. The van der Waals surface area contributed by atoms with Crippen molar-refractivity contribution in [3.05, 3.63) is 89.5 Å². The van der Waals surface area contributed by atoms with Crippen LogP contribution in [0.1, 0.15) is 85.2 Å². The number of piperidine rings is 1. The van der Waals surface area contributed by atoms with Crippen LogP contribution in [0.5, 0.6) is 0 Å². The van der Waals surface area contributed by atoms with Crippen LogP contribution in [0.4, 0.5) is 10.6 Å². The molecule has 3 N–H and O–H groups in total. The molecule has 0 aliphatic carbocycles. The van der Waals surface area contributed by atoms with Gasteiger partial charge in [0.2, 0.25) is 0 Å². The molecule has 0 saturated carbocycles. The minimum Gasteiger partial charge on any atom is -0.461 e. The summed E-state index contributed by atoms with van der Waals surface area (Å²) in [5.74, 6) is 6.18. The van der Waals surface area contributed by atoms with E-state index < -0.39 is 23.7 Å². The summed E-state index contributed by atoms with van der Waals surface area (Å²) < 4.78 is 12.2. The number of rotatable bonds is 7. The van der Waals surface area contributed by atoms with E-state index >= 15 is 0 Å². The molecule has 1 fully saturated rings. The van der Waals surface area contributed by atoms with E-state index in [2.05, 4.69) is 16.4 Å². The van der Waals surface area contributed by atoms with Crippen LogP contribution >= 0.6 is 0 Å². The van der Waals surface area contributed by atoms with Crippen molar-refractivity contribution in [3.8, 4) is 28.5 Å². The number of likely N-dealkylation sites (tertiary alicyclic amines) is 1. The summed E-state index contributed by atoms with van der Waals surface area (Å²) in [5, 5.41) is 11.9. The van der Waals surface area contributed by atoms with Gasteiger partial charge in [0.25, 0.3) is 5.91 Å². The number of nitrogens with one attached hydrogen (secondary N) is 1. The smallest absolute Gasteiger partial charge is 0.410 e. The lowest BCUT2D eigenvalue weighted by Crippen LogP contribution is -2.43. The molecular formula is C35H37N7O5. The number of hydrogen-bond acceptors (Lipinski definition) is 9. The molecule has 3 heterocycles. The van der Waals surface area contributed by atoms with Gasteiger partial charge < -0.3 is 20.6 Å². The van der Waals surface area contributed by atoms with E-state index in [1.807, 2.05) is 18.2 Å². The molecule has 1 aliphatic heterocycles. The third kappa shape index (κ3) is 7.41. The highest BCUT2D eigenvalue weighted by atomic mass is 16.6. The number of pyridine rings is 1. The Hall–Kier alpha value is -5.70. The van der Waals surface area contributed by atoms with Crippen molar-refractivity contribution in [1.82, 2.24) is 19.5 Å². The molecule has 0 radical (unpaired) electrons. The minimum absolute atomic E-state index is 0.0394. The quantitative estimate of drug-likeness (QED) is 0.181. The maximum absolute atomic E-state index is 13.2. The van der Waals surface area contributed by atoms with Gasteiger partial charge in [-0.3, -0.25) is 9.69 Å². The van der Waals surface area contributed by atoms with E-state index in [-0.39, 0.29) is 23.9 Å². The van der Waals surface area contributed by atoms with Gasteiger partial charge in [-0.15, -0.1) is 0 Å². The van der Waals surface area contributed by atoms with Crippen molar-refractivity contribution in [1.29, 1.82) is 5.26 Å². The van der Waals surface area contributed by atoms with Crippen LogP contribution in [0.25, 0.3) is 22.4 Å². The molecule has 12 nitrogen and oxygen atoms in total. The molecule has 2 aromatic carbocycles.